The van der Waals surface area contributed by atoms with Gasteiger partial charge in [-0.25, -0.2) is 0 Å². The van der Waals surface area contributed by atoms with Crippen LogP contribution in [0.1, 0.15) is 19.3 Å². The van der Waals surface area contributed by atoms with E-state index in [0.29, 0.717) is 18.9 Å². The van der Waals surface area contributed by atoms with Gasteiger partial charge in [0.1, 0.15) is 0 Å². The number of carbonyl (C=O) groups excluding carboxylic acids is 2. The highest BCUT2D eigenvalue weighted by Crippen LogP contribution is 2.24. The van der Waals surface area contributed by atoms with Gasteiger partial charge >= 0.3 is 0 Å². The topological polar surface area (TPSA) is 60.9 Å². The number of amides is 2. The maximum atomic E-state index is 12.2. The van der Waals surface area contributed by atoms with Gasteiger partial charge in [-0.15, -0.1) is 0 Å². The number of rotatable bonds is 3. The van der Waals surface area contributed by atoms with Crippen LogP contribution in [-0.2, 0) is 9.59 Å². The van der Waals surface area contributed by atoms with Crippen LogP contribution < -0.4 is 0 Å². The monoisotopic (exact) mass is 240 g/mol. The van der Waals surface area contributed by atoms with Crippen LogP contribution in [0, 0.1) is 11.8 Å². The zero-order chi connectivity index (χ0) is 12.4. The van der Waals surface area contributed by atoms with Crippen molar-refractivity contribution in [2.75, 3.05) is 33.3 Å². The molecule has 0 bridgehead atoms. The molecule has 17 heavy (non-hydrogen) atoms. The average molecular weight is 240 g/mol. The quantitative estimate of drug-likeness (QED) is 0.736. The van der Waals surface area contributed by atoms with Crippen molar-refractivity contribution in [3.05, 3.63) is 0 Å². The van der Waals surface area contributed by atoms with Crippen molar-refractivity contribution in [1.82, 2.24) is 9.80 Å². The van der Waals surface area contributed by atoms with Gasteiger partial charge < -0.3 is 14.9 Å². The van der Waals surface area contributed by atoms with E-state index in [0.717, 1.165) is 25.9 Å². The Bertz CT molecular complexity index is 319. The molecule has 0 aromatic carbocycles. The first-order valence-electron chi connectivity index (χ1n) is 6.25. The molecule has 2 aliphatic heterocycles. The summed E-state index contributed by atoms with van der Waals surface area (Å²) in [5, 5.41) is 8.88. The summed E-state index contributed by atoms with van der Waals surface area (Å²) < 4.78 is 0. The maximum absolute atomic E-state index is 12.2. The lowest BCUT2D eigenvalue weighted by atomic mass is 10.1. The Balaban J connectivity index is 1.87. The summed E-state index contributed by atoms with van der Waals surface area (Å²) in [6.07, 6.45) is 2.10. The summed E-state index contributed by atoms with van der Waals surface area (Å²) in [4.78, 5) is 27.1. The van der Waals surface area contributed by atoms with E-state index in [1.807, 2.05) is 4.90 Å². The van der Waals surface area contributed by atoms with E-state index in [-0.39, 0.29) is 24.3 Å². The van der Waals surface area contributed by atoms with Crippen LogP contribution >= 0.6 is 0 Å². The van der Waals surface area contributed by atoms with Crippen molar-refractivity contribution < 1.29 is 14.7 Å². The van der Waals surface area contributed by atoms with Gasteiger partial charge in [0, 0.05) is 39.7 Å². The third-order valence-corrected chi connectivity index (χ3v) is 3.83. The highest BCUT2D eigenvalue weighted by molar-refractivity contribution is 5.89. The van der Waals surface area contributed by atoms with Crippen LogP contribution in [0.4, 0.5) is 0 Å². The molecule has 0 aliphatic carbocycles. The number of aliphatic hydroxyl groups is 1. The molecule has 2 atom stereocenters. The third-order valence-electron chi connectivity index (χ3n) is 3.83. The fourth-order valence-corrected chi connectivity index (χ4v) is 2.74. The molecule has 2 heterocycles. The third kappa shape index (κ3) is 2.60. The predicted molar refractivity (Wildman–Crippen MR) is 62.1 cm³/mol. The summed E-state index contributed by atoms with van der Waals surface area (Å²) >= 11 is 0. The molecule has 0 spiro atoms. The van der Waals surface area contributed by atoms with E-state index >= 15 is 0 Å². The van der Waals surface area contributed by atoms with Crippen molar-refractivity contribution in [3.8, 4) is 0 Å². The molecule has 2 amide bonds. The minimum atomic E-state index is -0.152. The van der Waals surface area contributed by atoms with Crippen LogP contribution in [0.5, 0.6) is 0 Å². The molecular formula is C12H20N2O3. The minimum Gasteiger partial charge on any atom is -0.396 e. The fraction of sp³-hybridized carbons (Fsp3) is 0.833. The molecule has 5 heteroatoms. The zero-order valence-corrected chi connectivity index (χ0v) is 10.3. The molecule has 0 aromatic rings. The van der Waals surface area contributed by atoms with Crippen LogP contribution in [0.25, 0.3) is 0 Å². The summed E-state index contributed by atoms with van der Waals surface area (Å²) in [6.45, 7) is 2.27. The summed E-state index contributed by atoms with van der Waals surface area (Å²) in [6, 6.07) is 0. The average Bonchev–Trinajstić information content (AvgIpc) is 2.87. The number of hydrogen-bond acceptors (Lipinski definition) is 3. The normalized spacial score (nSPS) is 29.2. The highest BCUT2D eigenvalue weighted by atomic mass is 16.3. The van der Waals surface area contributed by atoms with Gasteiger partial charge in [-0.3, -0.25) is 9.59 Å². The number of nitrogens with zero attached hydrogens (tertiary/aromatic N) is 2. The van der Waals surface area contributed by atoms with E-state index < -0.39 is 0 Å². The molecular weight excluding hydrogens is 220 g/mol. The molecule has 2 saturated heterocycles. The standard InChI is InChI=1S/C12H20N2O3/c1-13-8-10(6-11(13)16)12(17)14-4-2-9(7-14)3-5-15/h9-10,15H,2-8H2,1H3. The molecule has 96 valence electrons. The second-order valence-electron chi connectivity index (χ2n) is 5.13. The van der Waals surface area contributed by atoms with E-state index in [4.69, 9.17) is 5.11 Å². The number of hydrogen-bond donors (Lipinski definition) is 1. The van der Waals surface area contributed by atoms with Crippen LogP contribution in [-0.4, -0.2) is 60.0 Å². The molecule has 5 nitrogen and oxygen atoms in total. The number of aliphatic hydroxyl groups excluding tert-OH is 1. The molecule has 2 rings (SSSR count). The SMILES string of the molecule is CN1CC(C(=O)N2CCC(CCO)C2)CC1=O. The van der Waals surface area contributed by atoms with Gasteiger partial charge in [0.25, 0.3) is 0 Å². The lowest BCUT2D eigenvalue weighted by Crippen LogP contribution is -2.35. The van der Waals surface area contributed by atoms with Crippen molar-refractivity contribution in [2.45, 2.75) is 19.3 Å². The minimum absolute atomic E-state index is 0.0643. The van der Waals surface area contributed by atoms with Gasteiger partial charge in [-0.05, 0) is 18.8 Å². The molecule has 0 radical (unpaired) electrons. The summed E-state index contributed by atoms with van der Waals surface area (Å²) in [7, 11) is 1.74. The van der Waals surface area contributed by atoms with Crippen molar-refractivity contribution in [3.63, 3.8) is 0 Å². The Morgan fingerprint density at radius 2 is 2.24 bits per heavy atom. The smallest absolute Gasteiger partial charge is 0.228 e. The van der Waals surface area contributed by atoms with E-state index in [2.05, 4.69) is 0 Å². The second-order valence-corrected chi connectivity index (χ2v) is 5.13. The van der Waals surface area contributed by atoms with Gasteiger partial charge in [-0.1, -0.05) is 0 Å². The van der Waals surface area contributed by atoms with Crippen molar-refractivity contribution in [1.29, 1.82) is 0 Å². The molecule has 2 aliphatic rings. The Hall–Kier alpha value is -1.10. The molecule has 1 N–H and O–H groups in total. The first-order valence-corrected chi connectivity index (χ1v) is 6.25. The molecule has 2 fully saturated rings. The van der Waals surface area contributed by atoms with Crippen molar-refractivity contribution >= 4 is 11.8 Å². The molecule has 2 unspecified atom stereocenters. The van der Waals surface area contributed by atoms with E-state index in [9.17, 15) is 9.59 Å². The van der Waals surface area contributed by atoms with E-state index in [1.165, 1.54) is 0 Å². The Morgan fingerprint density at radius 3 is 2.82 bits per heavy atom. The van der Waals surface area contributed by atoms with Crippen LogP contribution in [0.2, 0.25) is 0 Å². The highest BCUT2D eigenvalue weighted by Gasteiger charge is 2.36. The fourth-order valence-electron chi connectivity index (χ4n) is 2.74. The van der Waals surface area contributed by atoms with Gasteiger partial charge in [0.05, 0.1) is 5.92 Å². The van der Waals surface area contributed by atoms with Crippen LogP contribution in [0.3, 0.4) is 0 Å². The number of carbonyl (C=O) groups is 2. The van der Waals surface area contributed by atoms with Gasteiger partial charge in [0.2, 0.25) is 11.8 Å². The Labute approximate surface area is 101 Å². The summed E-state index contributed by atoms with van der Waals surface area (Å²) in [5.41, 5.74) is 0. The maximum Gasteiger partial charge on any atom is 0.228 e. The van der Waals surface area contributed by atoms with Gasteiger partial charge in [-0.2, -0.15) is 0 Å². The van der Waals surface area contributed by atoms with Crippen molar-refractivity contribution in [2.24, 2.45) is 11.8 Å². The first kappa shape index (κ1) is 12.4. The lowest BCUT2D eigenvalue weighted by molar-refractivity contribution is -0.135. The van der Waals surface area contributed by atoms with Crippen LogP contribution in [0.15, 0.2) is 0 Å². The zero-order valence-electron chi connectivity index (χ0n) is 10.3. The van der Waals surface area contributed by atoms with E-state index in [1.54, 1.807) is 11.9 Å². The largest absolute Gasteiger partial charge is 0.396 e. The molecule has 0 saturated carbocycles. The summed E-state index contributed by atoms with van der Waals surface area (Å²) in [5.74, 6) is 0.455. The predicted octanol–water partition coefficient (Wildman–Crippen LogP) is -0.304. The number of likely N-dealkylation sites (tertiary alicyclic amines) is 2. The first-order chi connectivity index (χ1) is 8.11. The Kier molecular flexibility index (Phi) is 3.66. The van der Waals surface area contributed by atoms with Gasteiger partial charge in [0.15, 0.2) is 0 Å². The Morgan fingerprint density at radius 1 is 1.47 bits per heavy atom. The lowest BCUT2D eigenvalue weighted by Gasteiger charge is -2.20. The molecule has 0 aromatic heterocycles. The second kappa shape index (κ2) is 5.04.